The molecule has 0 aromatic heterocycles. The van der Waals surface area contributed by atoms with E-state index in [1.807, 2.05) is 20.8 Å². The molecule has 2 saturated carbocycles. The Morgan fingerprint density at radius 1 is 1.16 bits per heavy atom. The highest BCUT2D eigenvalue weighted by molar-refractivity contribution is 5.91. The fourth-order valence-corrected chi connectivity index (χ4v) is 5.22. The second kappa shape index (κ2) is 15.5. The van der Waals surface area contributed by atoms with Gasteiger partial charge in [-0.15, -0.1) is 0 Å². The Balaban J connectivity index is 0.00000316. The number of rotatable bonds is 12. The number of hydrogen-bond acceptors (Lipinski definition) is 3. The van der Waals surface area contributed by atoms with Gasteiger partial charge in [-0.3, -0.25) is 4.79 Å². The van der Waals surface area contributed by atoms with Gasteiger partial charge < -0.3 is 15.1 Å². The second-order valence-electron chi connectivity index (χ2n) is 10.8. The van der Waals surface area contributed by atoms with Gasteiger partial charge in [0.2, 0.25) is 11.8 Å². The van der Waals surface area contributed by atoms with Gasteiger partial charge >= 0.3 is 6.18 Å². The lowest BCUT2D eigenvalue weighted by atomic mass is 9.91. The highest BCUT2D eigenvalue weighted by Crippen LogP contribution is 2.42. The zero-order valence-corrected chi connectivity index (χ0v) is 25.8. The Hall–Kier alpha value is -3.17. The van der Waals surface area contributed by atoms with Crippen LogP contribution in [0.15, 0.2) is 66.6 Å². The summed E-state index contributed by atoms with van der Waals surface area (Å²) in [5.41, 5.74) is -0.992. The molecule has 3 rings (SSSR count). The van der Waals surface area contributed by atoms with E-state index >= 15 is 4.39 Å². The highest BCUT2D eigenvalue weighted by atomic mass is 19.4. The fraction of sp³-hybridized carbons (Fsp3) is 0.545. The van der Waals surface area contributed by atoms with E-state index in [0.717, 1.165) is 30.6 Å². The third-order valence-electron chi connectivity index (χ3n) is 7.59. The smallest absolute Gasteiger partial charge is 0.362 e. The van der Waals surface area contributed by atoms with Crippen LogP contribution in [0.5, 0.6) is 0 Å². The molecule has 1 amide bonds. The summed E-state index contributed by atoms with van der Waals surface area (Å²) in [5, 5.41) is 2.69. The monoisotopic (exact) mass is 613 g/mol. The van der Waals surface area contributed by atoms with Crippen LogP contribution in [-0.2, 0) is 4.79 Å². The van der Waals surface area contributed by atoms with E-state index in [2.05, 4.69) is 18.5 Å². The number of alkyl halides is 5. The first-order valence-corrected chi connectivity index (χ1v) is 15.0. The van der Waals surface area contributed by atoms with Crippen LogP contribution in [0, 0.1) is 5.82 Å². The number of hydrogen-bond donors (Lipinski definition) is 1. The number of anilines is 1. The molecule has 0 aliphatic heterocycles. The van der Waals surface area contributed by atoms with E-state index < -0.39 is 59.9 Å². The molecular formula is C33H45F6N3O. The number of nitrogens with one attached hydrogen (secondary N) is 1. The zero-order chi connectivity index (χ0) is 32.5. The average Bonchev–Trinajstić information content (AvgIpc) is 3.80. The largest absolute Gasteiger partial charge is 0.416 e. The first kappa shape index (κ1) is 36.0. The lowest BCUT2D eigenvalue weighted by molar-refractivity contribution is -0.123. The fourth-order valence-electron chi connectivity index (χ4n) is 5.22. The number of allylic oxidation sites excluding steroid dienone is 3. The molecule has 2 aliphatic carbocycles. The van der Waals surface area contributed by atoms with Crippen molar-refractivity contribution in [2.24, 2.45) is 0 Å². The maximum atomic E-state index is 15.8. The van der Waals surface area contributed by atoms with Crippen LogP contribution in [0.2, 0.25) is 0 Å². The molecule has 1 unspecified atom stereocenters. The molecule has 10 heteroatoms. The molecule has 240 valence electrons. The molecule has 0 bridgehead atoms. The SMILES string of the molecule is C=C/C(=C(\C=C/C)C(F)(F)F)C(C(=O)NC1CCC(F)(F)CC1)N(C(=C)N(C)CCC)c1ccc(C2CC2)cc1F.CC. The van der Waals surface area contributed by atoms with E-state index in [1.165, 1.54) is 30.0 Å². The molecule has 2 aliphatic rings. The number of benzene rings is 1. The van der Waals surface area contributed by atoms with E-state index in [0.29, 0.717) is 13.0 Å². The molecule has 43 heavy (non-hydrogen) atoms. The van der Waals surface area contributed by atoms with Gasteiger partial charge in [0.1, 0.15) is 17.7 Å². The molecular weight excluding hydrogens is 568 g/mol. The van der Waals surface area contributed by atoms with Gasteiger partial charge in [-0.2, -0.15) is 13.2 Å². The van der Waals surface area contributed by atoms with E-state index in [1.54, 1.807) is 18.0 Å². The van der Waals surface area contributed by atoms with Crippen molar-refractivity contribution in [1.82, 2.24) is 10.2 Å². The van der Waals surface area contributed by atoms with Crippen LogP contribution in [0.3, 0.4) is 0 Å². The summed E-state index contributed by atoms with van der Waals surface area (Å²) in [7, 11) is 1.65. The molecule has 1 atom stereocenters. The van der Waals surface area contributed by atoms with Gasteiger partial charge in [-0.25, -0.2) is 13.2 Å². The summed E-state index contributed by atoms with van der Waals surface area (Å²) >= 11 is 0. The summed E-state index contributed by atoms with van der Waals surface area (Å²) < 4.78 is 86.6. The first-order valence-electron chi connectivity index (χ1n) is 15.0. The van der Waals surface area contributed by atoms with E-state index in [4.69, 9.17) is 0 Å². The van der Waals surface area contributed by atoms with E-state index in [-0.39, 0.29) is 30.3 Å². The van der Waals surface area contributed by atoms with Crippen LogP contribution in [-0.4, -0.2) is 48.6 Å². The van der Waals surface area contributed by atoms with Gasteiger partial charge in [-0.05, 0) is 68.2 Å². The summed E-state index contributed by atoms with van der Waals surface area (Å²) in [5.74, 6) is -4.15. The Kier molecular flexibility index (Phi) is 13.0. The third kappa shape index (κ3) is 9.41. The maximum Gasteiger partial charge on any atom is 0.416 e. The number of nitrogens with zero attached hydrogens (tertiary/aromatic N) is 2. The minimum atomic E-state index is -4.88. The molecule has 0 spiro atoms. The summed E-state index contributed by atoms with van der Waals surface area (Å²) in [6, 6.07) is 2.08. The molecule has 0 radical (unpaired) electrons. The standard InChI is InChI=1S/C31H39F6N3O.C2H6/c1-6-9-25(31(35,36)37)24(8-3)28(29(41)38-23-14-16-30(33,34)17-15-23)40(20(4)39(5)18-7-2)27-13-12-22(19-26(27)32)21-10-11-21;1-2/h6,8-9,12-13,19,21,23,28H,3-4,7,10-11,14-18H2,1-2,5H3,(H,38,41);1-2H3/b9-6-,25-24-;. The quantitative estimate of drug-likeness (QED) is 0.189. The topological polar surface area (TPSA) is 35.6 Å². The minimum Gasteiger partial charge on any atom is -0.362 e. The average molecular weight is 614 g/mol. The van der Waals surface area contributed by atoms with E-state index in [9.17, 15) is 26.7 Å². The van der Waals surface area contributed by atoms with Crippen molar-refractivity contribution in [2.75, 3.05) is 18.5 Å². The van der Waals surface area contributed by atoms with Crippen molar-refractivity contribution >= 4 is 11.6 Å². The summed E-state index contributed by atoms with van der Waals surface area (Å²) in [6.45, 7) is 15.4. The predicted octanol–water partition coefficient (Wildman–Crippen LogP) is 9.03. The Morgan fingerprint density at radius 2 is 1.77 bits per heavy atom. The first-order chi connectivity index (χ1) is 20.2. The van der Waals surface area contributed by atoms with Crippen LogP contribution in [0.1, 0.15) is 84.1 Å². The lowest BCUT2D eigenvalue weighted by Crippen LogP contribution is -2.53. The van der Waals surface area contributed by atoms with Gasteiger partial charge in [0, 0.05) is 32.5 Å². The van der Waals surface area contributed by atoms with Crippen molar-refractivity contribution in [2.45, 2.75) is 103 Å². The molecule has 1 aromatic rings. The highest BCUT2D eigenvalue weighted by Gasteiger charge is 2.43. The van der Waals surface area contributed by atoms with Gasteiger partial charge in [0.05, 0.1) is 11.3 Å². The van der Waals surface area contributed by atoms with Crippen LogP contribution in [0.4, 0.5) is 32.0 Å². The number of carbonyl (C=O) groups excluding carboxylic acids is 1. The third-order valence-corrected chi connectivity index (χ3v) is 7.59. The number of halogens is 6. The molecule has 2 fully saturated rings. The Bertz CT molecular complexity index is 1180. The van der Waals surface area contributed by atoms with Gasteiger partial charge in [0.25, 0.3) is 0 Å². The predicted molar refractivity (Wildman–Crippen MR) is 161 cm³/mol. The van der Waals surface area contributed by atoms with Crippen LogP contribution in [0.25, 0.3) is 0 Å². The second-order valence-corrected chi connectivity index (χ2v) is 10.8. The van der Waals surface area contributed by atoms with Crippen molar-refractivity contribution in [1.29, 1.82) is 0 Å². The van der Waals surface area contributed by atoms with Gasteiger partial charge in [0.15, 0.2) is 0 Å². The molecule has 1 aromatic carbocycles. The molecule has 0 heterocycles. The van der Waals surface area contributed by atoms with Crippen LogP contribution < -0.4 is 10.2 Å². The minimum absolute atomic E-state index is 0.0410. The molecule has 1 N–H and O–H groups in total. The van der Waals surface area contributed by atoms with Crippen molar-refractivity contribution in [3.05, 3.63) is 77.9 Å². The van der Waals surface area contributed by atoms with Crippen molar-refractivity contribution in [3.8, 4) is 0 Å². The van der Waals surface area contributed by atoms with Gasteiger partial charge in [-0.1, -0.05) is 58.2 Å². The summed E-state index contributed by atoms with van der Waals surface area (Å²) in [4.78, 5) is 16.8. The zero-order valence-electron chi connectivity index (χ0n) is 25.8. The normalized spacial score (nSPS) is 18.2. The van der Waals surface area contributed by atoms with Crippen molar-refractivity contribution < 1.29 is 31.1 Å². The van der Waals surface area contributed by atoms with Crippen molar-refractivity contribution in [3.63, 3.8) is 0 Å². The number of amides is 1. The Morgan fingerprint density at radius 3 is 2.23 bits per heavy atom. The van der Waals surface area contributed by atoms with Crippen LogP contribution >= 0.6 is 0 Å². The molecule has 0 saturated heterocycles. The number of carbonyl (C=O) groups is 1. The molecule has 4 nitrogen and oxygen atoms in total. The lowest BCUT2D eigenvalue weighted by Gasteiger charge is -2.40. The Labute approximate surface area is 252 Å². The maximum absolute atomic E-state index is 15.8. The summed E-state index contributed by atoms with van der Waals surface area (Å²) in [6.07, 6.45) is -0.408.